The highest BCUT2D eigenvalue weighted by Crippen LogP contribution is 2.31. The monoisotopic (exact) mass is 334 g/mol. The van der Waals surface area contributed by atoms with Crippen molar-refractivity contribution in [1.29, 1.82) is 0 Å². The molecule has 1 aliphatic rings. The maximum Gasteiger partial charge on any atom is 0.218 e. The maximum atomic E-state index is 11.9. The van der Waals surface area contributed by atoms with Gasteiger partial charge in [0, 0.05) is 12.2 Å². The molecule has 5 nitrogen and oxygen atoms in total. The number of hydrazone groups is 1. The number of sulfone groups is 1. The molecule has 0 saturated heterocycles. The van der Waals surface area contributed by atoms with Gasteiger partial charge in [0.15, 0.2) is 15.6 Å². The summed E-state index contributed by atoms with van der Waals surface area (Å²) >= 11 is 11.6. The minimum Gasteiger partial charge on any atom is -0.291 e. The molecule has 8 heteroatoms. The number of hydrogen-bond donors (Lipinski definition) is 1. The number of nitrogens with one attached hydrogen (secondary N) is 1. The van der Waals surface area contributed by atoms with Gasteiger partial charge in [-0.3, -0.25) is 10.2 Å². The van der Waals surface area contributed by atoms with Gasteiger partial charge in [-0.15, -0.1) is 0 Å². The number of carbonyl (C=O) groups is 1. The summed E-state index contributed by atoms with van der Waals surface area (Å²) in [5.74, 6) is -0.667. The standard InChI is InChI=1S/C12H12Cl2N2O3S/c1-20(18,19)12(11(17)7-2-3-7)16-15-8-4-5-9(13)10(14)6-8/h4-7,15H,2-3H2,1H3/b16-12-. The van der Waals surface area contributed by atoms with Gasteiger partial charge in [-0.05, 0) is 31.0 Å². The first-order chi connectivity index (χ1) is 9.29. The lowest BCUT2D eigenvalue weighted by atomic mass is 10.3. The van der Waals surface area contributed by atoms with Crippen LogP contribution < -0.4 is 5.43 Å². The van der Waals surface area contributed by atoms with Crippen molar-refractivity contribution < 1.29 is 13.2 Å². The molecular weight excluding hydrogens is 323 g/mol. The molecule has 0 spiro atoms. The Hall–Kier alpha value is -1.11. The fraction of sp³-hybridized carbons (Fsp3) is 0.333. The van der Waals surface area contributed by atoms with Gasteiger partial charge in [0.05, 0.1) is 15.7 Å². The molecule has 1 N–H and O–H groups in total. The lowest BCUT2D eigenvalue weighted by Crippen LogP contribution is -2.26. The fourth-order valence-corrected chi connectivity index (χ4v) is 2.56. The summed E-state index contributed by atoms with van der Waals surface area (Å²) in [7, 11) is -3.68. The van der Waals surface area contributed by atoms with E-state index in [2.05, 4.69) is 10.5 Å². The van der Waals surface area contributed by atoms with E-state index < -0.39 is 20.7 Å². The highest BCUT2D eigenvalue weighted by atomic mass is 35.5. The number of Topliss-reactive ketones (excluding diaryl/α,β-unsaturated/α-hetero) is 1. The third-order valence-corrected chi connectivity index (χ3v) is 4.45. The summed E-state index contributed by atoms with van der Waals surface area (Å²) in [4.78, 5) is 11.9. The number of ketones is 1. The van der Waals surface area contributed by atoms with Gasteiger partial charge in [-0.2, -0.15) is 5.10 Å². The van der Waals surface area contributed by atoms with Crippen molar-refractivity contribution in [2.75, 3.05) is 11.7 Å². The Kier molecular flexibility index (Phi) is 4.36. The minimum atomic E-state index is -3.68. The van der Waals surface area contributed by atoms with Crippen molar-refractivity contribution in [1.82, 2.24) is 0 Å². The number of anilines is 1. The summed E-state index contributed by atoms with van der Waals surface area (Å²) in [6.07, 6.45) is 2.38. The van der Waals surface area contributed by atoms with Gasteiger partial charge in [-0.25, -0.2) is 8.42 Å². The number of hydrogen-bond acceptors (Lipinski definition) is 5. The Balaban J connectivity index is 2.25. The molecule has 0 amide bonds. The average molecular weight is 335 g/mol. The van der Waals surface area contributed by atoms with Crippen LogP contribution >= 0.6 is 23.2 Å². The summed E-state index contributed by atoms with van der Waals surface area (Å²) in [6.45, 7) is 0. The van der Waals surface area contributed by atoms with Gasteiger partial charge < -0.3 is 0 Å². The molecule has 0 unspecified atom stereocenters. The first-order valence-corrected chi connectivity index (χ1v) is 8.47. The van der Waals surface area contributed by atoms with E-state index in [1.807, 2.05) is 0 Å². The number of carbonyl (C=O) groups excluding carboxylic acids is 1. The third-order valence-electron chi connectivity index (χ3n) is 2.72. The van der Waals surface area contributed by atoms with E-state index in [-0.39, 0.29) is 5.92 Å². The molecule has 1 aromatic rings. The second-order valence-electron chi connectivity index (χ2n) is 4.57. The second kappa shape index (κ2) is 5.71. The third kappa shape index (κ3) is 3.71. The lowest BCUT2D eigenvalue weighted by molar-refractivity contribution is -0.113. The SMILES string of the molecule is CS(=O)(=O)/C(=N\Nc1ccc(Cl)c(Cl)c1)C(=O)C1CC1. The van der Waals surface area contributed by atoms with E-state index in [4.69, 9.17) is 23.2 Å². The van der Waals surface area contributed by atoms with Crippen LogP contribution in [0.15, 0.2) is 23.3 Å². The van der Waals surface area contributed by atoms with Crippen LogP contribution in [0, 0.1) is 5.92 Å². The highest BCUT2D eigenvalue weighted by Gasteiger charge is 2.37. The number of benzene rings is 1. The molecule has 108 valence electrons. The van der Waals surface area contributed by atoms with Crippen LogP contribution in [0.3, 0.4) is 0 Å². The van der Waals surface area contributed by atoms with Gasteiger partial charge >= 0.3 is 0 Å². The van der Waals surface area contributed by atoms with Gasteiger partial charge in [0.2, 0.25) is 5.04 Å². The van der Waals surface area contributed by atoms with Crippen molar-refractivity contribution >= 4 is 49.6 Å². The fourth-order valence-electron chi connectivity index (χ4n) is 1.52. The van der Waals surface area contributed by atoms with Crippen LogP contribution in [-0.2, 0) is 14.6 Å². The zero-order chi connectivity index (χ0) is 14.9. The van der Waals surface area contributed by atoms with Gasteiger partial charge in [-0.1, -0.05) is 23.2 Å². The van der Waals surface area contributed by atoms with E-state index in [0.29, 0.717) is 28.6 Å². The Morgan fingerprint density at radius 1 is 1.30 bits per heavy atom. The van der Waals surface area contributed by atoms with Crippen molar-refractivity contribution in [3.8, 4) is 0 Å². The Labute approximate surface area is 126 Å². The molecule has 1 saturated carbocycles. The largest absolute Gasteiger partial charge is 0.291 e. The summed E-state index contributed by atoms with van der Waals surface area (Å²) in [5.41, 5.74) is 2.98. The molecule has 0 aliphatic heterocycles. The quantitative estimate of drug-likeness (QED) is 0.521. The van der Waals surface area contributed by atoms with E-state index in [0.717, 1.165) is 6.26 Å². The molecule has 0 bridgehead atoms. The number of nitrogens with zero attached hydrogens (tertiary/aromatic N) is 1. The lowest BCUT2D eigenvalue weighted by Gasteiger charge is -2.05. The average Bonchev–Trinajstić information content (AvgIpc) is 3.16. The van der Waals surface area contributed by atoms with Crippen molar-refractivity contribution in [2.45, 2.75) is 12.8 Å². The molecule has 0 atom stereocenters. The molecule has 20 heavy (non-hydrogen) atoms. The Morgan fingerprint density at radius 2 is 1.95 bits per heavy atom. The molecule has 0 radical (unpaired) electrons. The number of rotatable bonds is 4. The van der Waals surface area contributed by atoms with Crippen LogP contribution in [0.2, 0.25) is 10.0 Å². The molecule has 2 rings (SSSR count). The van der Waals surface area contributed by atoms with E-state index in [1.165, 1.54) is 6.07 Å². The van der Waals surface area contributed by atoms with Crippen molar-refractivity contribution in [2.24, 2.45) is 11.0 Å². The minimum absolute atomic E-state index is 0.223. The van der Waals surface area contributed by atoms with E-state index in [9.17, 15) is 13.2 Å². The first-order valence-electron chi connectivity index (χ1n) is 5.82. The van der Waals surface area contributed by atoms with E-state index >= 15 is 0 Å². The molecular formula is C12H12Cl2N2O3S. The van der Waals surface area contributed by atoms with Crippen LogP contribution in [0.1, 0.15) is 12.8 Å². The topological polar surface area (TPSA) is 75.6 Å². The van der Waals surface area contributed by atoms with Crippen molar-refractivity contribution in [3.05, 3.63) is 28.2 Å². The normalized spacial score (nSPS) is 16.1. The predicted octanol–water partition coefficient (Wildman–Crippen LogP) is 2.74. The van der Waals surface area contributed by atoms with Gasteiger partial charge in [0.25, 0.3) is 0 Å². The summed E-state index contributed by atoms with van der Waals surface area (Å²) < 4.78 is 23.2. The first kappa shape index (κ1) is 15.3. The molecule has 1 aliphatic carbocycles. The predicted molar refractivity (Wildman–Crippen MR) is 80.1 cm³/mol. The Morgan fingerprint density at radius 3 is 2.45 bits per heavy atom. The number of halogens is 2. The van der Waals surface area contributed by atoms with Crippen LogP contribution in [0.25, 0.3) is 0 Å². The Bertz CT molecular complexity index is 682. The molecule has 0 heterocycles. The second-order valence-corrected chi connectivity index (χ2v) is 7.31. The summed E-state index contributed by atoms with van der Waals surface area (Å²) in [5, 5.41) is 3.95. The van der Waals surface area contributed by atoms with Crippen LogP contribution in [-0.4, -0.2) is 25.5 Å². The van der Waals surface area contributed by atoms with Gasteiger partial charge in [0.1, 0.15) is 0 Å². The van der Waals surface area contributed by atoms with Crippen LogP contribution in [0.4, 0.5) is 5.69 Å². The van der Waals surface area contributed by atoms with Crippen LogP contribution in [0.5, 0.6) is 0 Å². The molecule has 1 fully saturated rings. The summed E-state index contributed by atoms with van der Waals surface area (Å²) in [6, 6.07) is 4.62. The zero-order valence-electron chi connectivity index (χ0n) is 10.6. The molecule has 0 aromatic heterocycles. The zero-order valence-corrected chi connectivity index (χ0v) is 12.9. The maximum absolute atomic E-state index is 11.9. The smallest absolute Gasteiger partial charge is 0.218 e. The molecule has 1 aromatic carbocycles. The highest BCUT2D eigenvalue weighted by molar-refractivity contribution is 8.07. The van der Waals surface area contributed by atoms with Crippen molar-refractivity contribution in [3.63, 3.8) is 0 Å². The van der Waals surface area contributed by atoms with E-state index in [1.54, 1.807) is 12.1 Å².